The van der Waals surface area contributed by atoms with Crippen LogP contribution in [-0.2, 0) is 4.74 Å². The van der Waals surface area contributed by atoms with Crippen molar-refractivity contribution in [2.75, 3.05) is 13.7 Å². The van der Waals surface area contributed by atoms with E-state index in [9.17, 15) is 0 Å². The third-order valence-corrected chi connectivity index (χ3v) is 2.36. The third-order valence-electron chi connectivity index (χ3n) is 2.36. The van der Waals surface area contributed by atoms with Crippen LogP contribution in [0, 0.1) is 0 Å². The van der Waals surface area contributed by atoms with Gasteiger partial charge in [-0.05, 0) is 26.3 Å². The zero-order valence-corrected chi connectivity index (χ0v) is 10.1. The van der Waals surface area contributed by atoms with Crippen molar-refractivity contribution in [3.8, 4) is 0 Å². The Labute approximate surface area is 88.7 Å². The molecule has 2 nitrogen and oxygen atoms in total. The van der Waals surface area contributed by atoms with E-state index in [1.807, 2.05) is 0 Å². The summed E-state index contributed by atoms with van der Waals surface area (Å²) in [7, 11) is 1.79. The predicted octanol–water partition coefficient (Wildman–Crippen LogP) is 2.75. The van der Waals surface area contributed by atoms with Gasteiger partial charge in [0.1, 0.15) is 0 Å². The number of methoxy groups -OCH3 is 1. The summed E-state index contributed by atoms with van der Waals surface area (Å²) in [6, 6.07) is 0.419. The molecule has 0 aromatic heterocycles. The first-order chi connectivity index (χ1) is 6.65. The molecule has 1 N–H and O–H groups in total. The van der Waals surface area contributed by atoms with Gasteiger partial charge < -0.3 is 10.1 Å². The molecule has 84 valence electrons. The van der Waals surface area contributed by atoms with Crippen molar-refractivity contribution >= 4 is 0 Å². The number of rotatable bonds is 8. The molecule has 0 saturated heterocycles. The molecule has 0 heterocycles. The Bertz CT molecular complexity index is 156. The molecule has 2 unspecified atom stereocenters. The van der Waals surface area contributed by atoms with E-state index in [2.05, 4.69) is 32.7 Å². The lowest BCUT2D eigenvalue weighted by molar-refractivity contribution is 0.0614. The summed E-state index contributed by atoms with van der Waals surface area (Å²) in [6.45, 7) is 11.3. The zero-order chi connectivity index (χ0) is 11.0. The van der Waals surface area contributed by atoms with Gasteiger partial charge in [0.25, 0.3) is 0 Å². The average Bonchev–Trinajstić information content (AvgIpc) is 2.13. The molecular formula is C12H25NO. The fourth-order valence-corrected chi connectivity index (χ4v) is 1.74. The predicted molar refractivity (Wildman–Crippen MR) is 62.6 cm³/mol. The summed E-state index contributed by atoms with van der Waals surface area (Å²) in [4.78, 5) is 0. The fourth-order valence-electron chi connectivity index (χ4n) is 1.74. The van der Waals surface area contributed by atoms with E-state index in [4.69, 9.17) is 4.74 Å². The minimum Gasteiger partial charge on any atom is -0.380 e. The monoisotopic (exact) mass is 199 g/mol. The summed E-state index contributed by atoms with van der Waals surface area (Å²) in [6.07, 6.45) is 3.60. The average molecular weight is 199 g/mol. The van der Waals surface area contributed by atoms with Crippen molar-refractivity contribution in [1.82, 2.24) is 5.32 Å². The van der Waals surface area contributed by atoms with E-state index in [0.29, 0.717) is 12.1 Å². The molecule has 0 radical (unpaired) electrons. The van der Waals surface area contributed by atoms with Crippen molar-refractivity contribution in [2.24, 2.45) is 0 Å². The van der Waals surface area contributed by atoms with Gasteiger partial charge in [-0.25, -0.2) is 0 Å². The molecule has 0 aromatic carbocycles. The molecule has 0 fully saturated rings. The van der Waals surface area contributed by atoms with Crippen molar-refractivity contribution in [3.05, 3.63) is 12.2 Å². The summed E-state index contributed by atoms with van der Waals surface area (Å²) in [5.74, 6) is 0. The van der Waals surface area contributed by atoms with Crippen LogP contribution in [0.1, 0.15) is 40.0 Å². The molecule has 0 bridgehead atoms. The van der Waals surface area contributed by atoms with Gasteiger partial charge in [-0.15, -0.1) is 6.58 Å². The maximum absolute atomic E-state index is 5.50. The molecule has 0 spiro atoms. The van der Waals surface area contributed by atoms with Crippen LogP contribution in [0.4, 0.5) is 0 Å². The molecule has 0 aliphatic heterocycles. The van der Waals surface area contributed by atoms with Crippen LogP contribution in [0.5, 0.6) is 0 Å². The van der Waals surface area contributed by atoms with Crippen molar-refractivity contribution < 1.29 is 4.74 Å². The van der Waals surface area contributed by atoms with Crippen molar-refractivity contribution in [3.63, 3.8) is 0 Å². The first kappa shape index (κ1) is 13.7. The number of hydrogen-bond acceptors (Lipinski definition) is 2. The van der Waals surface area contributed by atoms with E-state index in [-0.39, 0.29) is 0 Å². The summed E-state index contributed by atoms with van der Waals surface area (Å²) >= 11 is 0. The van der Waals surface area contributed by atoms with E-state index in [1.165, 1.54) is 5.57 Å². The van der Waals surface area contributed by atoms with Crippen LogP contribution in [-0.4, -0.2) is 25.8 Å². The van der Waals surface area contributed by atoms with Gasteiger partial charge in [0.2, 0.25) is 0 Å². The summed E-state index contributed by atoms with van der Waals surface area (Å²) in [5, 5.41) is 3.46. The topological polar surface area (TPSA) is 21.3 Å². The quantitative estimate of drug-likeness (QED) is 0.607. The van der Waals surface area contributed by atoms with E-state index >= 15 is 0 Å². The Morgan fingerprint density at radius 3 is 2.43 bits per heavy atom. The molecule has 0 saturated carbocycles. The molecule has 0 amide bonds. The highest BCUT2D eigenvalue weighted by atomic mass is 16.5. The van der Waals surface area contributed by atoms with Crippen LogP contribution < -0.4 is 5.32 Å². The molecule has 14 heavy (non-hydrogen) atoms. The molecule has 0 aromatic rings. The minimum atomic E-state index is 0.316. The number of ether oxygens (including phenoxy) is 1. The number of hydrogen-bond donors (Lipinski definition) is 1. The smallest absolute Gasteiger partial charge is 0.0727 e. The minimum absolute atomic E-state index is 0.316. The van der Waals surface area contributed by atoms with Gasteiger partial charge in [-0.3, -0.25) is 0 Å². The Morgan fingerprint density at radius 2 is 2.07 bits per heavy atom. The Morgan fingerprint density at radius 1 is 1.43 bits per heavy atom. The Balaban J connectivity index is 4.18. The van der Waals surface area contributed by atoms with Gasteiger partial charge in [0, 0.05) is 13.2 Å². The highest BCUT2D eigenvalue weighted by Crippen LogP contribution is 2.13. The molecule has 0 rings (SSSR count). The van der Waals surface area contributed by atoms with E-state index in [1.54, 1.807) is 7.11 Å². The first-order valence-electron chi connectivity index (χ1n) is 5.56. The summed E-state index contributed by atoms with van der Waals surface area (Å²) in [5.41, 5.74) is 1.22. The van der Waals surface area contributed by atoms with Crippen molar-refractivity contribution in [1.29, 1.82) is 0 Å². The highest BCUT2D eigenvalue weighted by Gasteiger charge is 2.19. The second-order valence-corrected chi connectivity index (χ2v) is 3.89. The fraction of sp³-hybridized carbons (Fsp3) is 0.833. The molecule has 2 heteroatoms. The lowest BCUT2D eigenvalue weighted by Gasteiger charge is -2.26. The maximum Gasteiger partial charge on any atom is 0.0727 e. The van der Waals surface area contributed by atoms with Crippen LogP contribution in [0.15, 0.2) is 12.2 Å². The van der Waals surface area contributed by atoms with Crippen LogP contribution in [0.2, 0.25) is 0 Å². The van der Waals surface area contributed by atoms with Crippen LogP contribution in [0.25, 0.3) is 0 Å². The van der Waals surface area contributed by atoms with Crippen molar-refractivity contribution in [2.45, 2.75) is 52.2 Å². The lowest BCUT2D eigenvalue weighted by atomic mass is 9.99. The molecular weight excluding hydrogens is 174 g/mol. The van der Waals surface area contributed by atoms with Crippen LogP contribution >= 0.6 is 0 Å². The maximum atomic E-state index is 5.50. The van der Waals surface area contributed by atoms with Gasteiger partial charge in [-0.1, -0.05) is 25.8 Å². The van der Waals surface area contributed by atoms with Gasteiger partial charge >= 0.3 is 0 Å². The van der Waals surface area contributed by atoms with Gasteiger partial charge in [0.15, 0.2) is 0 Å². The normalized spacial score (nSPS) is 15.1. The largest absolute Gasteiger partial charge is 0.380 e. The zero-order valence-electron chi connectivity index (χ0n) is 10.1. The van der Waals surface area contributed by atoms with E-state index in [0.717, 1.165) is 25.8 Å². The summed E-state index contributed by atoms with van der Waals surface area (Å²) < 4.78 is 5.50. The SMILES string of the molecule is C=C(C)CC(NCC)C(CCC)OC. The number of likely N-dealkylation sites (N-methyl/N-ethyl adjacent to an activating group) is 1. The second-order valence-electron chi connectivity index (χ2n) is 3.89. The standard InChI is InChI=1S/C12H25NO/c1-6-8-12(14-5)11(13-7-2)9-10(3)4/h11-13H,3,6-9H2,1-2,4-5H3. The van der Waals surface area contributed by atoms with Crippen LogP contribution in [0.3, 0.4) is 0 Å². The molecule has 2 atom stereocenters. The Hall–Kier alpha value is -0.340. The Kier molecular flexibility index (Phi) is 7.81. The third kappa shape index (κ3) is 5.40. The lowest BCUT2D eigenvalue weighted by Crippen LogP contribution is -2.41. The number of nitrogens with one attached hydrogen (secondary N) is 1. The molecule has 0 aliphatic rings. The van der Waals surface area contributed by atoms with Gasteiger partial charge in [0.05, 0.1) is 6.10 Å². The first-order valence-corrected chi connectivity index (χ1v) is 5.56. The molecule has 0 aliphatic carbocycles. The highest BCUT2D eigenvalue weighted by molar-refractivity contribution is 4.95. The van der Waals surface area contributed by atoms with E-state index < -0.39 is 0 Å². The second kappa shape index (κ2) is 8.01. The van der Waals surface area contributed by atoms with Gasteiger partial charge in [-0.2, -0.15) is 0 Å².